The van der Waals surface area contributed by atoms with Crippen molar-refractivity contribution in [2.45, 2.75) is 31.5 Å². The van der Waals surface area contributed by atoms with Gasteiger partial charge in [-0.1, -0.05) is 6.07 Å². The molecule has 1 unspecified atom stereocenters. The molecule has 4 nitrogen and oxygen atoms in total. The fraction of sp³-hybridized carbons (Fsp3) is 0.353. The van der Waals surface area contributed by atoms with Gasteiger partial charge in [-0.2, -0.15) is 13.2 Å². The third-order valence-electron chi connectivity index (χ3n) is 4.25. The van der Waals surface area contributed by atoms with E-state index in [4.69, 9.17) is 0 Å². The molecule has 7 heteroatoms. The number of halogens is 3. The second kappa shape index (κ2) is 6.22. The van der Waals surface area contributed by atoms with Gasteiger partial charge < -0.3 is 4.90 Å². The zero-order chi connectivity index (χ0) is 17.3. The van der Waals surface area contributed by atoms with Crippen molar-refractivity contribution < 1.29 is 18.0 Å². The number of amides is 1. The Kier molecular flexibility index (Phi) is 4.26. The van der Waals surface area contributed by atoms with E-state index < -0.39 is 17.8 Å². The third kappa shape index (κ3) is 3.11. The highest BCUT2D eigenvalue weighted by atomic mass is 19.4. The van der Waals surface area contributed by atoms with E-state index in [2.05, 4.69) is 9.97 Å². The number of fused-ring (bicyclic) bond motifs is 1. The third-order valence-corrected chi connectivity index (χ3v) is 4.25. The van der Waals surface area contributed by atoms with E-state index in [0.717, 1.165) is 42.8 Å². The molecule has 1 amide bonds. The summed E-state index contributed by atoms with van der Waals surface area (Å²) < 4.78 is 38.4. The molecule has 3 rings (SSSR count). The summed E-state index contributed by atoms with van der Waals surface area (Å²) in [6, 6.07) is 5.68. The quantitative estimate of drug-likeness (QED) is 0.842. The molecule has 24 heavy (non-hydrogen) atoms. The summed E-state index contributed by atoms with van der Waals surface area (Å²) in [5, 5.41) is 0. The molecule has 2 aromatic heterocycles. The molecular weight excluding hydrogens is 319 g/mol. The minimum atomic E-state index is -4.58. The van der Waals surface area contributed by atoms with Crippen LogP contribution in [0, 0.1) is 0 Å². The first-order chi connectivity index (χ1) is 11.4. The number of nitrogens with zero attached hydrogens (tertiary/aromatic N) is 3. The molecule has 2 heterocycles. The van der Waals surface area contributed by atoms with Gasteiger partial charge >= 0.3 is 6.18 Å². The zero-order valence-electron chi connectivity index (χ0n) is 13.0. The molecule has 1 atom stereocenters. The summed E-state index contributed by atoms with van der Waals surface area (Å²) in [5.41, 5.74) is 0.815. The van der Waals surface area contributed by atoms with Crippen LogP contribution < -0.4 is 0 Å². The smallest absolute Gasteiger partial charge is 0.333 e. The molecule has 0 fully saturated rings. The lowest BCUT2D eigenvalue weighted by Crippen LogP contribution is -2.34. The SMILES string of the molecule is CN(C(=O)c1ccnc(C(F)(F)F)c1)C1CCCc2cccnc21. The molecule has 2 aromatic rings. The summed E-state index contributed by atoms with van der Waals surface area (Å²) in [6.45, 7) is 0. The summed E-state index contributed by atoms with van der Waals surface area (Å²) in [7, 11) is 1.60. The van der Waals surface area contributed by atoms with E-state index in [9.17, 15) is 18.0 Å². The van der Waals surface area contributed by atoms with Crippen LogP contribution in [0.4, 0.5) is 13.2 Å². The first-order valence-electron chi connectivity index (χ1n) is 7.62. The van der Waals surface area contributed by atoms with Crippen molar-refractivity contribution in [3.8, 4) is 0 Å². The van der Waals surface area contributed by atoms with Crippen LogP contribution in [0.5, 0.6) is 0 Å². The Hall–Kier alpha value is -2.44. The van der Waals surface area contributed by atoms with Crippen molar-refractivity contribution >= 4 is 5.91 Å². The normalized spacial score (nSPS) is 17.2. The van der Waals surface area contributed by atoms with Crippen LogP contribution in [0.25, 0.3) is 0 Å². The second-order valence-corrected chi connectivity index (χ2v) is 5.80. The van der Waals surface area contributed by atoms with Crippen LogP contribution >= 0.6 is 0 Å². The van der Waals surface area contributed by atoms with Gasteiger partial charge in [0.1, 0.15) is 5.69 Å². The summed E-state index contributed by atoms with van der Waals surface area (Å²) in [6.07, 6.45) is 0.651. The lowest BCUT2D eigenvalue weighted by molar-refractivity contribution is -0.141. The lowest BCUT2D eigenvalue weighted by atomic mass is 9.91. The van der Waals surface area contributed by atoms with Crippen molar-refractivity contribution in [1.29, 1.82) is 0 Å². The highest BCUT2D eigenvalue weighted by Gasteiger charge is 2.34. The van der Waals surface area contributed by atoms with Crippen LogP contribution in [0.15, 0.2) is 36.7 Å². The van der Waals surface area contributed by atoms with E-state index in [-0.39, 0.29) is 11.6 Å². The molecule has 0 N–H and O–H groups in total. The highest BCUT2D eigenvalue weighted by Crippen LogP contribution is 2.33. The Labute approximate surface area is 137 Å². The maximum absolute atomic E-state index is 12.8. The van der Waals surface area contributed by atoms with Crippen LogP contribution in [0.1, 0.15) is 46.2 Å². The predicted octanol–water partition coefficient (Wildman–Crippen LogP) is 3.65. The first-order valence-corrected chi connectivity index (χ1v) is 7.62. The number of aryl methyl sites for hydroxylation is 1. The molecule has 0 spiro atoms. The Morgan fingerprint density at radius 1 is 1.25 bits per heavy atom. The van der Waals surface area contributed by atoms with E-state index >= 15 is 0 Å². The summed E-state index contributed by atoms with van der Waals surface area (Å²) in [4.78, 5) is 21.8. The average molecular weight is 335 g/mol. The molecule has 126 valence electrons. The summed E-state index contributed by atoms with van der Waals surface area (Å²) >= 11 is 0. The van der Waals surface area contributed by atoms with Gasteiger partial charge in [-0.25, -0.2) is 0 Å². The second-order valence-electron chi connectivity index (χ2n) is 5.80. The Bertz CT molecular complexity index is 761. The van der Waals surface area contributed by atoms with E-state index in [1.807, 2.05) is 12.1 Å². The number of hydrogen-bond acceptors (Lipinski definition) is 3. The van der Waals surface area contributed by atoms with Crippen molar-refractivity contribution in [3.05, 3.63) is 59.2 Å². The minimum absolute atomic E-state index is 0.0251. The van der Waals surface area contributed by atoms with Crippen LogP contribution in [-0.2, 0) is 12.6 Å². The van der Waals surface area contributed by atoms with Gasteiger partial charge in [0.15, 0.2) is 0 Å². The maximum Gasteiger partial charge on any atom is 0.433 e. The molecule has 1 aliphatic carbocycles. The topological polar surface area (TPSA) is 46.1 Å². The number of carbonyl (C=O) groups excluding carboxylic acids is 1. The standard InChI is InChI=1S/C17H16F3N3O/c1-23(13-6-2-4-11-5-3-8-22-15(11)13)16(24)12-7-9-21-14(10-12)17(18,19)20/h3,5,7-10,13H,2,4,6H2,1H3. The van der Waals surface area contributed by atoms with Gasteiger partial charge in [0, 0.05) is 25.0 Å². The fourth-order valence-electron chi connectivity index (χ4n) is 3.03. The Morgan fingerprint density at radius 3 is 2.79 bits per heavy atom. The molecular formula is C17H16F3N3O. The largest absolute Gasteiger partial charge is 0.433 e. The van der Waals surface area contributed by atoms with E-state index in [1.54, 1.807) is 13.2 Å². The van der Waals surface area contributed by atoms with Crippen molar-refractivity contribution in [1.82, 2.24) is 14.9 Å². The van der Waals surface area contributed by atoms with Gasteiger partial charge in [0.05, 0.1) is 11.7 Å². The van der Waals surface area contributed by atoms with Crippen LogP contribution in [0.3, 0.4) is 0 Å². The van der Waals surface area contributed by atoms with Crippen LogP contribution in [-0.4, -0.2) is 27.8 Å². The Balaban J connectivity index is 1.89. The number of hydrogen-bond donors (Lipinski definition) is 0. The minimum Gasteiger partial charge on any atom is -0.333 e. The van der Waals surface area contributed by atoms with E-state index in [0.29, 0.717) is 0 Å². The molecule has 0 aromatic carbocycles. The van der Waals surface area contributed by atoms with Gasteiger partial charge in [-0.3, -0.25) is 14.8 Å². The highest BCUT2D eigenvalue weighted by molar-refractivity contribution is 5.94. The van der Waals surface area contributed by atoms with Gasteiger partial charge in [-0.05, 0) is 43.0 Å². The number of aromatic nitrogens is 2. The summed E-state index contributed by atoms with van der Waals surface area (Å²) in [5.74, 6) is -0.466. The lowest BCUT2D eigenvalue weighted by Gasteiger charge is -2.32. The van der Waals surface area contributed by atoms with Gasteiger partial charge in [0.25, 0.3) is 5.91 Å². The number of carbonyl (C=O) groups is 1. The molecule has 0 radical (unpaired) electrons. The van der Waals surface area contributed by atoms with Gasteiger partial charge in [0.2, 0.25) is 0 Å². The number of pyridine rings is 2. The van der Waals surface area contributed by atoms with Crippen molar-refractivity contribution in [3.63, 3.8) is 0 Å². The monoisotopic (exact) mass is 335 g/mol. The van der Waals surface area contributed by atoms with E-state index in [1.165, 1.54) is 11.0 Å². The molecule has 0 saturated carbocycles. The van der Waals surface area contributed by atoms with Crippen molar-refractivity contribution in [2.24, 2.45) is 0 Å². The maximum atomic E-state index is 12.8. The molecule has 1 aliphatic rings. The number of alkyl halides is 3. The Morgan fingerprint density at radius 2 is 2.04 bits per heavy atom. The molecule has 0 bridgehead atoms. The molecule has 0 aliphatic heterocycles. The van der Waals surface area contributed by atoms with Gasteiger partial charge in [-0.15, -0.1) is 0 Å². The number of rotatable bonds is 2. The first kappa shape index (κ1) is 16.4. The van der Waals surface area contributed by atoms with Crippen LogP contribution in [0.2, 0.25) is 0 Å². The average Bonchev–Trinajstić information content (AvgIpc) is 2.59. The fourth-order valence-corrected chi connectivity index (χ4v) is 3.03. The van der Waals surface area contributed by atoms with Crippen molar-refractivity contribution in [2.75, 3.05) is 7.05 Å². The molecule has 0 saturated heterocycles. The zero-order valence-corrected chi connectivity index (χ0v) is 13.0. The predicted molar refractivity (Wildman–Crippen MR) is 81.2 cm³/mol.